The average molecular weight is 311 g/mol. The summed E-state index contributed by atoms with van der Waals surface area (Å²) in [6.45, 7) is 2.27. The first-order valence-corrected chi connectivity index (χ1v) is 7.25. The van der Waals surface area contributed by atoms with Crippen molar-refractivity contribution in [3.8, 4) is 0 Å². The number of aromatic amines is 1. The number of benzene rings is 1. The van der Waals surface area contributed by atoms with Crippen molar-refractivity contribution in [2.45, 2.75) is 32.2 Å². The van der Waals surface area contributed by atoms with Gasteiger partial charge >= 0.3 is 0 Å². The van der Waals surface area contributed by atoms with E-state index in [1.165, 1.54) is 24.8 Å². The maximum atomic E-state index is 5.44. The lowest BCUT2D eigenvalue weighted by Crippen LogP contribution is -2.05. The van der Waals surface area contributed by atoms with Gasteiger partial charge in [0.25, 0.3) is 0 Å². The second kappa shape index (κ2) is 4.25. The quantitative estimate of drug-likeness (QED) is 0.806. The Morgan fingerprint density at radius 3 is 3.00 bits per heavy atom. The molecule has 1 unspecified atom stereocenters. The molecule has 4 heteroatoms. The van der Waals surface area contributed by atoms with Gasteiger partial charge in [0.2, 0.25) is 0 Å². The molecule has 1 aromatic heterocycles. The number of H-pyrrole nitrogens is 1. The third-order valence-corrected chi connectivity index (χ3v) is 4.28. The van der Waals surface area contributed by atoms with Crippen molar-refractivity contribution in [2.75, 3.05) is 0 Å². The van der Waals surface area contributed by atoms with Crippen molar-refractivity contribution >= 4 is 39.2 Å². The minimum atomic E-state index is 0.484. The van der Waals surface area contributed by atoms with E-state index < -0.39 is 0 Å². The van der Waals surface area contributed by atoms with Crippen molar-refractivity contribution in [3.05, 3.63) is 27.4 Å². The Kier molecular flexibility index (Phi) is 2.87. The summed E-state index contributed by atoms with van der Waals surface area (Å²) in [5, 5.41) is 0. The molecule has 0 aliphatic heterocycles. The van der Waals surface area contributed by atoms with Crippen LogP contribution in [0.1, 0.15) is 32.2 Å². The van der Waals surface area contributed by atoms with Gasteiger partial charge in [0.05, 0.1) is 11.0 Å². The summed E-state index contributed by atoms with van der Waals surface area (Å²) in [6.07, 6.45) is 4.03. The minimum absolute atomic E-state index is 0.484. The fraction of sp³-hybridized carbons (Fsp3) is 0.462. The van der Waals surface area contributed by atoms with Crippen LogP contribution in [0.4, 0.5) is 0 Å². The second-order valence-electron chi connectivity index (χ2n) is 4.99. The van der Waals surface area contributed by atoms with E-state index in [9.17, 15) is 0 Å². The fourth-order valence-electron chi connectivity index (χ4n) is 2.47. The maximum absolute atomic E-state index is 5.44. The number of nitrogens with one attached hydrogen (secondary N) is 1. The largest absolute Gasteiger partial charge is 0.331 e. The average Bonchev–Trinajstić information content (AvgIpc) is 3.00. The SMILES string of the molecule is CC(CC1CC1)n1c(=S)[nH]c2ccc(Br)cc21. The molecule has 90 valence electrons. The van der Waals surface area contributed by atoms with Crippen molar-refractivity contribution in [3.63, 3.8) is 0 Å². The number of rotatable bonds is 3. The number of fused-ring (bicyclic) bond motifs is 1. The molecule has 1 aliphatic rings. The number of nitrogens with zero attached hydrogens (tertiary/aromatic N) is 1. The summed E-state index contributed by atoms with van der Waals surface area (Å²) in [7, 11) is 0. The van der Waals surface area contributed by atoms with E-state index in [-0.39, 0.29) is 0 Å². The van der Waals surface area contributed by atoms with Crippen LogP contribution in [-0.4, -0.2) is 9.55 Å². The van der Waals surface area contributed by atoms with Crippen LogP contribution in [0.25, 0.3) is 11.0 Å². The number of imidazole rings is 1. The first kappa shape index (κ1) is 11.5. The summed E-state index contributed by atoms with van der Waals surface area (Å²) < 4.78 is 4.20. The molecule has 1 aromatic carbocycles. The zero-order valence-corrected chi connectivity index (χ0v) is 12.1. The number of halogens is 1. The van der Waals surface area contributed by atoms with Gasteiger partial charge in [-0.25, -0.2) is 0 Å². The molecule has 2 nitrogen and oxygen atoms in total. The third-order valence-electron chi connectivity index (χ3n) is 3.49. The van der Waals surface area contributed by atoms with Crippen molar-refractivity contribution in [1.29, 1.82) is 0 Å². The molecule has 0 radical (unpaired) electrons. The van der Waals surface area contributed by atoms with Crippen molar-refractivity contribution in [2.24, 2.45) is 5.92 Å². The second-order valence-corrected chi connectivity index (χ2v) is 6.29. The summed E-state index contributed by atoms with van der Waals surface area (Å²) >= 11 is 8.96. The highest BCUT2D eigenvalue weighted by Gasteiger charge is 2.25. The first-order chi connectivity index (χ1) is 8.15. The van der Waals surface area contributed by atoms with Crippen molar-refractivity contribution < 1.29 is 0 Å². The molecule has 3 rings (SSSR count). The van der Waals surface area contributed by atoms with Gasteiger partial charge in [0, 0.05) is 10.5 Å². The molecular weight excluding hydrogens is 296 g/mol. The van der Waals surface area contributed by atoms with Crippen LogP contribution in [0.5, 0.6) is 0 Å². The number of hydrogen-bond donors (Lipinski definition) is 1. The lowest BCUT2D eigenvalue weighted by molar-refractivity contribution is 0.483. The summed E-state index contributed by atoms with van der Waals surface area (Å²) in [4.78, 5) is 3.29. The fourth-order valence-corrected chi connectivity index (χ4v) is 3.21. The smallest absolute Gasteiger partial charge is 0.178 e. The topological polar surface area (TPSA) is 20.7 Å². The minimum Gasteiger partial charge on any atom is -0.331 e. The summed E-state index contributed by atoms with van der Waals surface area (Å²) in [5.41, 5.74) is 2.33. The van der Waals surface area contributed by atoms with Gasteiger partial charge < -0.3 is 9.55 Å². The van der Waals surface area contributed by atoms with Crippen molar-refractivity contribution in [1.82, 2.24) is 9.55 Å². The van der Waals surface area contributed by atoms with Gasteiger partial charge in [-0.1, -0.05) is 28.8 Å². The number of aromatic nitrogens is 2. The highest BCUT2D eigenvalue weighted by atomic mass is 79.9. The molecule has 0 spiro atoms. The Balaban J connectivity index is 2.09. The molecule has 1 fully saturated rings. The predicted octanol–water partition coefficient (Wildman–Crippen LogP) is 4.82. The predicted molar refractivity (Wildman–Crippen MR) is 76.9 cm³/mol. The molecule has 17 heavy (non-hydrogen) atoms. The summed E-state index contributed by atoms with van der Waals surface area (Å²) in [6, 6.07) is 6.75. The Hall–Kier alpha value is -0.610. The van der Waals surface area contributed by atoms with E-state index in [0.29, 0.717) is 6.04 Å². The standard InChI is InChI=1S/C13H15BrN2S/c1-8(6-9-2-3-9)16-12-7-10(14)4-5-11(12)15-13(16)17/h4-5,7-9H,2-3,6H2,1H3,(H,15,17). The van der Waals surface area contributed by atoms with E-state index in [0.717, 1.165) is 20.7 Å². The van der Waals surface area contributed by atoms with Crippen LogP contribution in [0, 0.1) is 10.7 Å². The van der Waals surface area contributed by atoms with E-state index in [1.54, 1.807) is 0 Å². The Morgan fingerprint density at radius 2 is 2.29 bits per heavy atom. The molecule has 1 atom stereocenters. The van der Waals surface area contributed by atoms with Gasteiger partial charge in [-0.2, -0.15) is 0 Å². The molecule has 1 saturated carbocycles. The maximum Gasteiger partial charge on any atom is 0.178 e. The molecule has 2 aromatic rings. The normalized spacial score (nSPS) is 17.5. The number of hydrogen-bond acceptors (Lipinski definition) is 1. The van der Waals surface area contributed by atoms with Gasteiger partial charge in [0.1, 0.15) is 0 Å². The molecule has 0 amide bonds. The molecule has 0 saturated heterocycles. The molecule has 1 N–H and O–H groups in total. The lowest BCUT2D eigenvalue weighted by atomic mass is 10.1. The molecule has 1 aliphatic carbocycles. The monoisotopic (exact) mass is 310 g/mol. The summed E-state index contributed by atoms with van der Waals surface area (Å²) in [5.74, 6) is 0.920. The highest BCUT2D eigenvalue weighted by molar-refractivity contribution is 9.10. The highest BCUT2D eigenvalue weighted by Crippen LogP contribution is 2.37. The van der Waals surface area contributed by atoms with E-state index >= 15 is 0 Å². The van der Waals surface area contributed by atoms with Crippen LogP contribution in [0.2, 0.25) is 0 Å². The Bertz CT molecular complexity index is 609. The van der Waals surface area contributed by atoms with Gasteiger partial charge in [-0.15, -0.1) is 0 Å². The van der Waals surface area contributed by atoms with Crippen LogP contribution in [0.15, 0.2) is 22.7 Å². The van der Waals surface area contributed by atoms with Crippen LogP contribution >= 0.6 is 28.1 Å². The van der Waals surface area contributed by atoms with E-state index in [2.05, 4.69) is 44.5 Å². The molecular formula is C13H15BrN2S. The Morgan fingerprint density at radius 1 is 1.53 bits per heavy atom. The van der Waals surface area contributed by atoms with Crippen LogP contribution < -0.4 is 0 Å². The van der Waals surface area contributed by atoms with Gasteiger partial charge in [-0.05, 0) is 49.7 Å². The third kappa shape index (κ3) is 2.20. The zero-order chi connectivity index (χ0) is 12.0. The lowest BCUT2D eigenvalue weighted by Gasteiger charge is -2.14. The van der Waals surface area contributed by atoms with Gasteiger partial charge in [-0.3, -0.25) is 0 Å². The van der Waals surface area contributed by atoms with Crippen LogP contribution in [-0.2, 0) is 0 Å². The molecule has 0 bridgehead atoms. The first-order valence-electron chi connectivity index (χ1n) is 6.05. The molecule has 1 heterocycles. The van der Waals surface area contributed by atoms with E-state index in [4.69, 9.17) is 12.2 Å². The van der Waals surface area contributed by atoms with E-state index in [1.807, 2.05) is 6.07 Å². The zero-order valence-electron chi connectivity index (χ0n) is 9.74. The Labute approximate surface area is 114 Å². The van der Waals surface area contributed by atoms with Crippen LogP contribution in [0.3, 0.4) is 0 Å². The van der Waals surface area contributed by atoms with Gasteiger partial charge in [0.15, 0.2) is 4.77 Å².